The smallest absolute Gasteiger partial charge is 0.106 e. The van der Waals surface area contributed by atoms with Crippen LogP contribution >= 0.6 is 15.9 Å². The zero-order valence-corrected chi connectivity index (χ0v) is 15.3. The molecule has 2 nitrogen and oxygen atoms in total. The molecule has 2 unspecified atom stereocenters. The summed E-state index contributed by atoms with van der Waals surface area (Å²) in [5, 5.41) is 20.7. The lowest BCUT2D eigenvalue weighted by Gasteiger charge is -2.42. The summed E-state index contributed by atoms with van der Waals surface area (Å²) in [6, 6.07) is 4.35. The summed E-state index contributed by atoms with van der Waals surface area (Å²) < 4.78 is 0. The van der Waals surface area contributed by atoms with Gasteiger partial charge in [-0.2, -0.15) is 0 Å². The fourth-order valence-electron chi connectivity index (χ4n) is 3.35. The van der Waals surface area contributed by atoms with Crippen molar-refractivity contribution < 1.29 is 10.2 Å². The van der Waals surface area contributed by atoms with E-state index >= 15 is 0 Å². The van der Waals surface area contributed by atoms with Crippen molar-refractivity contribution in [3.8, 4) is 0 Å². The zero-order valence-electron chi connectivity index (χ0n) is 13.7. The summed E-state index contributed by atoms with van der Waals surface area (Å²) in [5.74, 6) is 0. The number of alkyl halides is 1. The van der Waals surface area contributed by atoms with Gasteiger partial charge in [-0.3, -0.25) is 0 Å². The second-order valence-electron chi connectivity index (χ2n) is 7.69. The minimum atomic E-state index is -0.837. The van der Waals surface area contributed by atoms with E-state index in [1.54, 1.807) is 0 Å². The first-order chi connectivity index (χ1) is 9.60. The van der Waals surface area contributed by atoms with Gasteiger partial charge in [-0.15, -0.1) is 0 Å². The van der Waals surface area contributed by atoms with Gasteiger partial charge in [-0.1, -0.05) is 55.8 Å². The first-order valence-corrected chi connectivity index (χ1v) is 8.80. The number of rotatable bonds is 3. The molecule has 2 atom stereocenters. The minimum Gasteiger partial charge on any atom is -0.389 e. The van der Waals surface area contributed by atoms with E-state index in [9.17, 15) is 10.2 Å². The first kappa shape index (κ1) is 17.0. The fourth-order valence-corrected chi connectivity index (χ4v) is 3.70. The molecule has 0 saturated heterocycles. The maximum atomic E-state index is 10.4. The molecule has 2 rings (SSSR count). The van der Waals surface area contributed by atoms with Gasteiger partial charge in [0.2, 0.25) is 0 Å². The van der Waals surface area contributed by atoms with E-state index < -0.39 is 12.2 Å². The SMILES string of the molecule is Cc1cc2c(cc1C(O)C(O)CBr)C(C)(C)CCC2(C)C. The Morgan fingerprint density at radius 2 is 1.52 bits per heavy atom. The Balaban J connectivity index is 2.59. The van der Waals surface area contributed by atoms with Gasteiger partial charge in [-0.25, -0.2) is 0 Å². The molecule has 1 aromatic carbocycles. The molecule has 1 aromatic rings. The van der Waals surface area contributed by atoms with Gasteiger partial charge in [0.25, 0.3) is 0 Å². The van der Waals surface area contributed by atoms with Gasteiger partial charge in [0.15, 0.2) is 0 Å². The number of aliphatic hydroxyl groups excluding tert-OH is 2. The summed E-state index contributed by atoms with van der Waals surface area (Å²) in [5.41, 5.74) is 4.92. The average molecular weight is 355 g/mol. The van der Waals surface area contributed by atoms with Crippen molar-refractivity contribution >= 4 is 15.9 Å². The Hall–Kier alpha value is -0.380. The van der Waals surface area contributed by atoms with E-state index in [4.69, 9.17) is 0 Å². The summed E-state index contributed by atoms with van der Waals surface area (Å²) in [6.45, 7) is 11.2. The number of halogens is 1. The van der Waals surface area contributed by atoms with E-state index in [1.165, 1.54) is 17.5 Å². The number of fused-ring (bicyclic) bond motifs is 1. The highest BCUT2D eigenvalue weighted by atomic mass is 79.9. The normalized spacial score (nSPS) is 22.5. The van der Waals surface area contributed by atoms with Crippen LogP contribution in [0.3, 0.4) is 0 Å². The van der Waals surface area contributed by atoms with Crippen molar-refractivity contribution in [1.82, 2.24) is 0 Å². The number of aliphatic hydroxyl groups is 2. The standard InChI is InChI=1S/C18H27BrO2/c1-11-8-13-14(9-12(11)16(21)15(20)10-19)18(4,5)7-6-17(13,2)3/h8-9,15-16,20-21H,6-7,10H2,1-5H3. The predicted octanol–water partition coefficient (Wildman–Crippen LogP) is 4.13. The predicted molar refractivity (Wildman–Crippen MR) is 91.2 cm³/mol. The molecule has 2 N–H and O–H groups in total. The summed E-state index contributed by atoms with van der Waals surface area (Å²) in [6.07, 6.45) is 0.710. The molecule has 0 aliphatic heterocycles. The molecule has 118 valence electrons. The fraction of sp³-hybridized carbons (Fsp3) is 0.667. The van der Waals surface area contributed by atoms with Crippen molar-refractivity contribution in [1.29, 1.82) is 0 Å². The molecule has 3 heteroatoms. The molecule has 0 heterocycles. The van der Waals surface area contributed by atoms with Crippen LogP contribution in [0.15, 0.2) is 12.1 Å². The zero-order chi connectivity index (χ0) is 16.0. The molecule has 0 saturated carbocycles. The molecule has 1 aliphatic rings. The highest BCUT2D eigenvalue weighted by Gasteiger charge is 2.38. The average Bonchev–Trinajstić information content (AvgIpc) is 2.42. The Labute approximate surface area is 136 Å². The van der Waals surface area contributed by atoms with Crippen LogP contribution in [-0.2, 0) is 10.8 Å². The maximum Gasteiger partial charge on any atom is 0.106 e. The maximum absolute atomic E-state index is 10.4. The lowest BCUT2D eigenvalue weighted by atomic mass is 9.62. The van der Waals surface area contributed by atoms with Gasteiger partial charge in [0, 0.05) is 5.33 Å². The summed E-state index contributed by atoms with van der Waals surface area (Å²) in [4.78, 5) is 0. The minimum absolute atomic E-state index is 0.117. The van der Waals surface area contributed by atoms with Crippen molar-refractivity contribution in [2.75, 3.05) is 5.33 Å². The number of hydrogen-bond acceptors (Lipinski definition) is 2. The largest absolute Gasteiger partial charge is 0.389 e. The van der Waals surface area contributed by atoms with Gasteiger partial charge >= 0.3 is 0 Å². The molecular formula is C18H27BrO2. The van der Waals surface area contributed by atoms with Crippen LogP contribution in [0.5, 0.6) is 0 Å². The number of aryl methyl sites for hydroxylation is 1. The summed E-state index contributed by atoms with van der Waals surface area (Å²) in [7, 11) is 0. The number of hydrogen-bond donors (Lipinski definition) is 2. The van der Waals surface area contributed by atoms with Gasteiger partial charge in [-0.05, 0) is 52.8 Å². The molecule has 0 aromatic heterocycles. The van der Waals surface area contributed by atoms with Crippen LogP contribution < -0.4 is 0 Å². The topological polar surface area (TPSA) is 40.5 Å². The van der Waals surface area contributed by atoms with E-state index in [2.05, 4.69) is 55.8 Å². The van der Waals surface area contributed by atoms with E-state index in [1.807, 2.05) is 6.92 Å². The molecule has 0 spiro atoms. The number of benzene rings is 1. The van der Waals surface area contributed by atoms with E-state index in [0.717, 1.165) is 17.5 Å². The van der Waals surface area contributed by atoms with Crippen molar-refractivity contribution in [2.45, 2.75) is 70.5 Å². The monoisotopic (exact) mass is 354 g/mol. The molecule has 0 radical (unpaired) electrons. The van der Waals surface area contributed by atoms with Crippen LogP contribution in [0, 0.1) is 6.92 Å². The second kappa shape index (κ2) is 5.68. The van der Waals surface area contributed by atoms with Gasteiger partial charge < -0.3 is 10.2 Å². The van der Waals surface area contributed by atoms with Crippen LogP contribution in [0.4, 0.5) is 0 Å². The summed E-state index contributed by atoms with van der Waals surface area (Å²) >= 11 is 3.24. The molecule has 0 bridgehead atoms. The third-order valence-electron chi connectivity index (χ3n) is 5.08. The van der Waals surface area contributed by atoms with Crippen molar-refractivity contribution in [3.63, 3.8) is 0 Å². The van der Waals surface area contributed by atoms with Crippen molar-refractivity contribution in [3.05, 3.63) is 34.4 Å². The Kier molecular flexibility index (Phi) is 4.59. The molecule has 21 heavy (non-hydrogen) atoms. The van der Waals surface area contributed by atoms with Crippen LogP contribution in [0.25, 0.3) is 0 Å². The van der Waals surface area contributed by atoms with Crippen molar-refractivity contribution in [2.24, 2.45) is 0 Å². The Morgan fingerprint density at radius 1 is 1.05 bits per heavy atom. The highest BCUT2D eigenvalue weighted by molar-refractivity contribution is 9.09. The molecule has 0 fully saturated rings. The third kappa shape index (κ3) is 3.06. The molecule has 0 amide bonds. The Bertz CT molecular complexity index is 534. The Morgan fingerprint density at radius 3 is 2.00 bits per heavy atom. The van der Waals surface area contributed by atoms with Crippen LogP contribution in [0.2, 0.25) is 0 Å². The lowest BCUT2D eigenvalue weighted by Crippen LogP contribution is -2.34. The molecule has 1 aliphatic carbocycles. The van der Waals surface area contributed by atoms with E-state index in [-0.39, 0.29) is 10.8 Å². The highest BCUT2D eigenvalue weighted by Crippen LogP contribution is 2.47. The first-order valence-electron chi connectivity index (χ1n) is 7.68. The molecular weight excluding hydrogens is 328 g/mol. The van der Waals surface area contributed by atoms with E-state index in [0.29, 0.717) is 5.33 Å². The quantitative estimate of drug-likeness (QED) is 0.801. The second-order valence-corrected chi connectivity index (χ2v) is 8.34. The van der Waals surface area contributed by atoms with Gasteiger partial charge in [0.1, 0.15) is 6.10 Å². The third-order valence-corrected chi connectivity index (χ3v) is 5.74. The van der Waals surface area contributed by atoms with Gasteiger partial charge in [0.05, 0.1) is 6.10 Å². The van der Waals surface area contributed by atoms with Crippen LogP contribution in [0.1, 0.15) is 68.9 Å². The lowest BCUT2D eigenvalue weighted by molar-refractivity contribution is 0.0337. The van der Waals surface area contributed by atoms with Crippen LogP contribution in [-0.4, -0.2) is 21.6 Å².